The lowest BCUT2D eigenvalue weighted by Crippen LogP contribution is -2.24. The van der Waals surface area contributed by atoms with E-state index >= 15 is 0 Å². The van der Waals surface area contributed by atoms with Crippen molar-refractivity contribution in [3.8, 4) is 11.5 Å². The molecule has 6 nitrogen and oxygen atoms in total. The highest BCUT2D eigenvalue weighted by molar-refractivity contribution is 9.10. The van der Waals surface area contributed by atoms with Gasteiger partial charge in [-0.1, -0.05) is 52.3 Å². The summed E-state index contributed by atoms with van der Waals surface area (Å²) in [5.74, 6) is 1.61. The molecular weight excluding hydrogens is 448 g/mol. The lowest BCUT2D eigenvalue weighted by molar-refractivity contribution is 0.144. The van der Waals surface area contributed by atoms with E-state index in [1.807, 2.05) is 53.4 Å². The zero-order valence-corrected chi connectivity index (χ0v) is 17.8. The molecule has 30 heavy (non-hydrogen) atoms. The van der Waals surface area contributed by atoms with Gasteiger partial charge in [-0.05, 0) is 35.9 Å². The minimum absolute atomic E-state index is 0.166. The molecule has 0 aliphatic carbocycles. The Morgan fingerprint density at radius 2 is 1.97 bits per heavy atom. The van der Waals surface area contributed by atoms with Gasteiger partial charge in [0.15, 0.2) is 5.75 Å². The monoisotopic (exact) mass is 468 g/mol. The molecule has 0 saturated carbocycles. The van der Waals surface area contributed by atoms with Crippen molar-refractivity contribution in [3.05, 3.63) is 95.1 Å². The first kappa shape index (κ1) is 21.4. The average molecular weight is 469 g/mol. The summed E-state index contributed by atoms with van der Waals surface area (Å²) in [6.45, 7) is 5.38. The van der Waals surface area contributed by atoms with Crippen LogP contribution in [0.2, 0.25) is 0 Å². The number of halogens is 1. The van der Waals surface area contributed by atoms with Crippen LogP contribution in [-0.4, -0.2) is 22.8 Å². The molecule has 0 amide bonds. The smallest absolute Gasteiger partial charge is 0.489 e. The van der Waals surface area contributed by atoms with Gasteiger partial charge in [-0.15, -0.1) is 6.58 Å². The summed E-state index contributed by atoms with van der Waals surface area (Å²) in [4.78, 5) is 17.0. The molecule has 1 N–H and O–H groups in total. The molecule has 0 aliphatic rings. The summed E-state index contributed by atoms with van der Waals surface area (Å²) in [5.41, 5.74) is 2.07. The summed E-state index contributed by atoms with van der Waals surface area (Å²) in [7, 11) is 0. The number of pyridine rings is 1. The summed E-state index contributed by atoms with van der Waals surface area (Å²) in [5, 5.41) is 8.72. The molecule has 3 rings (SSSR count). The minimum atomic E-state index is -1.37. The zero-order chi connectivity index (χ0) is 21.3. The molecule has 0 unspecified atom stereocenters. The molecule has 2 aromatic carbocycles. The molecule has 0 radical (unpaired) electrons. The van der Waals surface area contributed by atoms with E-state index in [2.05, 4.69) is 32.2 Å². The quantitative estimate of drug-likeness (QED) is 0.322. The number of hydrogen-bond donors (Lipinski definition) is 1. The summed E-state index contributed by atoms with van der Waals surface area (Å²) in [6, 6.07) is 19.2. The van der Waals surface area contributed by atoms with Crippen molar-refractivity contribution in [2.75, 3.05) is 11.4 Å². The molecule has 154 valence electrons. The van der Waals surface area contributed by atoms with E-state index in [0.717, 1.165) is 21.3 Å². The maximum absolute atomic E-state index is 10.7. The number of aromatic nitrogens is 1. The number of nitrogens with zero attached hydrogens (tertiary/aromatic N) is 2. The summed E-state index contributed by atoms with van der Waals surface area (Å²) < 4.78 is 11.6. The van der Waals surface area contributed by atoms with Crippen molar-refractivity contribution in [2.45, 2.75) is 13.2 Å². The Kier molecular flexibility index (Phi) is 7.45. The van der Waals surface area contributed by atoms with Gasteiger partial charge in [-0.2, -0.15) is 0 Å². The van der Waals surface area contributed by atoms with Crippen LogP contribution in [0.4, 0.5) is 10.6 Å². The summed E-state index contributed by atoms with van der Waals surface area (Å²) >= 11 is 3.53. The fourth-order valence-corrected chi connectivity index (χ4v) is 3.28. The van der Waals surface area contributed by atoms with Gasteiger partial charge in [0, 0.05) is 23.1 Å². The van der Waals surface area contributed by atoms with Crippen LogP contribution in [0.25, 0.3) is 0 Å². The van der Waals surface area contributed by atoms with Gasteiger partial charge in [0.25, 0.3) is 0 Å². The van der Waals surface area contributed by atoms with E-state index in [4.69, 9.17) is 9.84 Å². The van der Waals surface area contributed by atoms with Crippen molar-refractivity contribution < 1.29 is 19.4 Å². The van der Waals surface area contributed by atoms with Crippen molar-refractivity contribution in [2.24, 2.45) is 0 Å². The SMILES string of the molecule is C=CCN(Cc1cc(Br)ccc1OCc1ccccc1)c1ccc(OC(=O)O)cn1. The molecule has 1 aromatic heterocycles. The Labute approximate surface area is 183 Å². The molecule has 1 heterocycles. The molecule has 0 bridgehead atoms. The molecule has 0 spiro atoms. The lowest BCUT2D eigenvalue weighted by Gasteiger charge is -2.24. The Hall–Kier alpha value is -3.32. The molecule has 3 aromatic rings. The highest BCUT2D eigenvalue weighted by Gasteiger charge is 2.13. The predicted octanol–water partition coefficient (Wildman–Crippen LogP) is 5.67. The second kappa shape index (κ2) is 10.5. The van der Waals surface area contributed by atoms with Crippen LogP contribution in [0.3, 0.4) is 0 Å². The van der Waals surface area contributed by atoms with Gasteiger partial charge < -0.3 is 19.5 Å². The van der Waals surface area contributed by atoms with Crippen molar-refractivity contribution >= 4 is 27.9 Å². The molecule has 0 saturated heterocycles. The number of carbonyl (C=O) groups is 1. The predicted molar refractivity (Wildman–Crippen MR) is 119 cm³/mol. The van der Waals surface area contributed by atoms with Gasteiger partial charge in [-0.3, -0.25) is 0 Å². The second-order valence-electron chi connectivity index (χ2n) is 6.42. The van der Waals surface area contributed by atoms with Crippen LogP contribution in [0.1, 0.15) is 11.1 Å². The molecule has 0 atom stereocenters. The number of benzene rings is 2. The third-order valence-electron chi connectivity index (χ3n) is 4.22. The third-order valence-corrected chi connectivity index (χ3v) is 4.71. The highest BCUT2D eigenvalue weighted by atomic mass is 79.9. The largest absolute Gasteiger partial charge is 0.511 e. The van der Waals surface area contributed by atoms with E-state index in [1.165, 1.54) is 6.20 Å². The number of rotatable bonds is 9. The van der Waals surface area contributed by atoms with E-state index in [1.54, 1.807) is 18.2 Å². The normalized spacial score (nSPS) is 10.3. The molecule has 0 fully saturated rings. The van der Waals surface area contributed by atoms with Crippen LogP contribution in [-0.2, 0) is 13.2 Å². The van der Waals surface area contributed by atoms with E-state index < -0.39 is 6.16 Å². The van der Waals surface area contributed by atoms with Crippen LogP contribution in [0, 0.1) is 0 Å². The first-order valence-electron chi connectivity index (χ1n) is 9.23. The lowest BCUT2D eigenvalue weighted by atomic mass is 10.1. The zero-order valence-electron chi connectivity index (χ0n) is 16.2. The topological polar surface area (TPSA) is 71.9 Å². The Morgan fingerprint density at radius 1 is 1.17 bits per heavy atom. The number of anilines is 1. The van der Waals surface area contributed by atoms with Gasteiger partial charge in [0.05, 0.1) is 6.20 Å². The van der Waals surface area contributed by atoms with Crippen LogP contribution in [0.15, 0.2) is 84.0 Å². The number of ether oxygens (including phenoxy) is 2. The molecule has 7 heteroatoms. The number of hydrogen-bond acceptors (Lipinski definition) is 5. The fraction of sp³-hybridized carbons (Fsp3) is 0.130. The third kappa shape index (κ3) is 6.09. The van der Waals surface area contributed by atoms with Crippen molar-refractivity contribution in [3.63, 3.8) is 0 Å². The Balaban J connectivity index is 1.79. The van der Waals surface area contributed by atoms with E-state index in [0.29, 0.717) is 25.5 Å². The van der Waals surface area contributed by atoms with E-state index in [-0.39, 0.29) is 5.75 Å². The average Bonchev–Trinajstić information content (AvgIpc) is 2.74. The van der Waals surface area contributed by atoms with Crippen LogP contribution >= 0.6 is 15.9 Å². The Morgan fingerprint density at radius 3 is 2.63 bits per heavy atom. The second-order valence-corrected chi connectivity index (χ2v) is 7.33. The van der Waals surface area contributed by atoms with Gasteiger partial charge in [-0.25, -0.2) is 9.78 Å². The first-order valence-corrected chi connectivity index (χ1v) is 10.0. The molecular formula is C23H21BrN2O4. The molecule has 0 aliphatic heterocycles. The van der Waals surface area contributed by atoms with Crippen molar-refractivity contribution in [1.29, 1.82) is 0 Å². The van der Waals surface area contributed by atoms with Crippen molar-refractivity contribution in [1.82, 2.24) is 4.98 Å². The van der Waals surface area contributed by atoms with Crippen LogP contribution < -0.4 is 14.4 Å². The fourth-order valence-electron chi connectivity index (χ4n) is 2.87. The standard InChI is InChI=1S/C23H21BrN2O4/c1-2-12-26(22-11-9-20(14-25-22)30-23(27)28)15-18-13-19(24)8-10-21(18)29-16-17-6-4-3-5-7-17/h2-11,13-14H,1,12,15-16H2,(H,27,28). The highest BCUT2D eigenvalue weighted by Crippen LogP contribution is 2.27. The first-order chi connectivity index (χ1) is 14.5. The van der Waals surface area contributed by atoms with Gasteiger partial charge in [0.2, 0.25) is 0 Å². The Bertz CT molecular complexity index is 994. The summed E-state index contributed by atoms with van der Waals surface area (Å²) in [6.07, 6.45) is 1.79. The van der Waals surface area contributed by atoms with Gasteiger partial charge >= 0.3 is 6.16 Å². The number of carboxylic acid groups (broad SMARTS) is 1. The maximum Gasteiger partial charge on any atom is 0.511 e. The van der Waals surface area contributed by atoms with E-state index in [9.17, 15) is 4.79 Å². The maximum atomic E-state index is 10.7. The van der Waals surface area contributed by atoms with Crippen LogP contribution in [0.5, 0.6) is 11.5 Å². The minimum Gasteiger partial charge on any atom is -0.489 e. The van der Waals surface area contributed by atoms with Gasteiger partial charge in [0.1, 0.15) is 18.2 Å².